The largest absolute Gasteiger partial charge is 0.452 e. The van der Waals surface area contributed by atoms with E-state index < -0.39 is 12.2 Å². The summed E-state index contributed by atoms with van der Waals surface area (Å²) in [6.45, 7) is 7.48. The molecule has 3 aliphatic rings. The summed E-state index contributed by atoms with van der Waals surface area (Å²) in [6.07, 6.45) is 1.01. The minimum atomic E-state index is -0.467. The Morgan fingerprint density at radius 2 is 1.88 bits per heavy atom. The summed E-state index contributed by atoms with van der Waals surface area (Å²) in [4.78, 5) is 42.9. The molecular formula is C24H35N5O5. The average Bonchev–Trinajstić information content (AvgIpc) is 3.55. The lowest BCUT2D eigenvalue weighted by Gasteiger charge is -2.40. The number of nitrogens with zero attached hydrogens (tertiary/aromatic N) is 4. The molecule has 2 aliphatic heterocycles. The molecule has 1 saturated carbocycles. The highest BCUT2D eigenvalue weighted by Crippen LogP contribution is 2.39. The van der Waals surface area contributed by atoms with E-state index in [1.165, 1.54) is 7.11 Å². The Balaban J connectivity index is 1.55. The summed E-state index contributed by atoms with van der Waals surface area (Å²) in [5.41, 5.74) is 5.59. The standard InChI is InChI=1S/C24H35N5O5/c1-15(2)34-23(31)28-12-16(3)29(24(32)33-5)20-9-6-17(10-21(20)28)18-11-25-27(13-18)14-22(30)26(4)19-7-8-19/h6,9-10,15-16,18-19,25H,7-8,11-14H2,1-5H3/t16-,18?/m0/s1. The lowest BCUT2D eigenvalue weighted by molar-refractivity contribution is -0.132. The molecule has 0 spiro atoms. The van der Waals surface area contributed by atoms with Crippen molar-refractivity contribution < 1.29 is 23.9 Å². The predicted molar refractivity (Wildman–Crippen MR) is 128 cm³/mol. The number of ether oxygens (including phenoxy) is 2. The third kappa shape index (κ3) is 4.97. The Hall–Kier alpha value is -2.85. The van der Waals surface area contributed by atoms with E-state index in [2.05, 4.69) is 5.43 Å². The predicted octanol–water partition coefficient (Wildman–Crippen LogP) is 2.54. The first-order valence-electron chi connectivity index (χ1n) is 11.9. The minimum Gasteiger partial charge on any atom is -0.452 e. The number of methoxy groups -OCH3 is 1. The zero-order chi connectivity index (χ0) is 24.6. The van der Waals surface area contributed by atoms with Gasteiger partial charge in [0, 0.05) is 32.1 Å². The van der Waals surface area contributed by atoms with Crippen LogP contribution in [-0.4, -0.2) is 86.5 Å². The van der Waals surface area contributed by atoms with Crippen LogP contribution in [0.2, 0.25) is 0 Å². The zero-order valence-corrected chi connectivity index (χ0v) is 20.6. The number of anilines is 2. The van der Waals surface area contributed by atoms with Crippen molar-refractivity contribution in [1.29, 1.82) is 0 Å². The van der Waals surface area contributed by atoms with Gasteiger partial charge in [0.15, 0.2) is 0 Å². The fourth-order valence-corrected chi connectivity index (χ4v) is 4.63. The normalized spacial score (nSPS) is 22.5. The van der Waals surface area contributed by atoms with E-state index in [1.54, 1.807) is 9.80 Å². The lowest BCUT2D eigenvalue weighted by atomic mass is 9.97. The van der Waals surface area contributed by atoms with Crippen LogP contribution in [-0.2, 0) is 14.3 Å². The van der Waals surface area contributed by atoms with Gasteiger partial charge in [0.2, 0.25) is 5.91 Å². The summed E-state index contributed by atoms with van der Waals surface area (Å²) in [7, 11) is 3.22. The third-order valence-electron chi connectivity index (χ3n) is 6.65. The van der Waals surface area contributed by atoms with Gasteiger partial charge < -0.3 is 14.4 Å². The van der Waals surface area contributed by atoms with Crippen molar-refractivity contribution in [2.24, 2.45) is 0 Å². The van der Waals surface area contributed by atoms with Crippen LogP contribution in [0.25, 0.3) is 0 Å². The minimum absolute atomic E-state index is 0.117. The van der Waals surface area contributed by atoms with E-state index in [0.29, 0.717) is 43.6 Å². The first-order chi connectivity index (χ1) is 16.2. The first-order valence-corrected chi connectivity index (χ1v) is 11.9. The van der Waals surface area contributed by atoms with Crippen LogP contribution in [0.1, 0.15) is 45.1 Å². The van der Waals surface area contributed by atoms with Crippen LogP contribution in [0.15, 0.2) is 18.2 Å². The molecule has 1 aliphatic carbocycles. The number of carbonyl (C=O) groups is 3. The van der Waals surface area contributed by atoms with Crippen LogP contribution >= 0.6 is 0 Å². The SMILES string of the molecule is COC(=O)N1c2ccc(C3CNN(CC(=O)N(C)C4CC4)C3)cc2N(C(=O)OC(C)C)C[C@@H]1C. The maximum absolute atomic E-state index is 12.9. The Labute approximate surface area is 200 Å². The number of hydrogen-bond donors (Lipinski definition) is 1. The molecular weight excluding hydrogens is 438 g/mol. The maximum Gasteiger partial charge on any atom is 0.414 e. The summed E-state index contributed by atoms with van der Waals surface area (Å²) in [5.74, 6) is 0.254. The molecule has 1 saturated heterocycles. The highest BCUT2D eigenvalue weighted by Gasteiger charge is 2.38. The van der Waals surface area contributed by atoms with Crippen LogP contribution in [0.3, 0.4) is 0 Å². The Morgan fingerprint density at radius 1 is 1.15 bits per heavy atom. The van der Waals surface area contributed by atoms with E-state index in [4.69, 9.17) is 9.47 Å². The molecule has 34 heavy (non-hydrogen) atoms. The van der Waals surface area contributed by atoms with Crippen LogP contribution in [0.4, 0.5) is 21.0 Å². The highest BCUT2D eigenvalue weighted by atomic mass is 16.6. The monoisotopic (exact) mass is 473 g/mol. The summed E-state index contributed by atoms with van der Waals surface area (Å²) >= 11 is 0. The quantitative estimate of drug-likeness (QED) is 0.702. The van der Waals surface area contributed by atoms with Crippen LogP contribution in [0.5, 0.6) is 0 Å². The van der Waals surface area contributed by atoms with Crippen molar-refractivity contribution in [3.63, 3.8) is 0 Å². The van der Waals surface area contributed by atoms with Gasteiger partial charge in [-0.25, -0.2) is 14.6 Å². The lowest BCUT2D eigenvalue weighted by Crippen LogP contribution is -2.52. The molecule has 0 aromatic heterocycles. The Morgan fingerprint density at radius 3 is 2.53 bits per heavy atom. The maximum atomic E-state index is 12.9. The molecule has 2 heterocycles. The molecule has 3 amide bonds. The molecule has 186 valence electrons. The molecule has 2 atom stereocenters. The third-order valence-corrected chi connectivity index (χ3v) is 6.65. The number of fused-ring (bicyclic) bond motifs is 1. The van der Waals surface area contributed by atoms with Crippen molar-refractivity contribution >= 4 is 29.5 Å². The first kappa shape index (κ1) is 24.3. The van der Waals surface area contributed by atoms with Crippen molar-refractivity contribution in [3.8, 4) is 0 Å². The topological polar surface area (TPSA) is 94.7 Å². The van der Waals surface area contributed by atoms with E-state index in [0.717, 1.165) is 18.4 Å². The van der Waals surface area contributed by atoms with Crippen LogP contribution < -0.4 is 15.2 Å². The van der Waals surface area contributed by atoms with E-state index in [9.17, 15) is 14.4 Å². The molecule has 0 bridgehead atoms. The van der Waals surface area contributed by atoms with Gasteiger partial charge in [-0.1, -0.05) is 6.07 Å². The van der Waals surface area contributed by atoms with Gasteiger partial charge in [-0.2, -0.15) is 0 Å². The van der Waals surface area contributed by atoms with Crippen molar-refractivity contribution in [2.45, 2.75) is 57.7 Å². The molecule has 10 nitrogen and oxygen atoms in total. The second kappa shape index (κ2) is 9.79. The van der Waals surface area contributed by atoms with Crippen molar-refractivity contribution in [1.82, 2.24) is 15.3 Å². The number of nitrogens with one attached hydrogen (secondary N) is 1. The van der Waals surface area contributed by atoms with E-state index >= 15 is 0 Å². The van der Waals surface area contributed by atoms with Gasteiger partial charge in [-0.05, 0) is 51.3 Å². The fourth-order valence-electron chi connectivity index (χ4n) is 4.63. The number of amides is 3. The Bertz CT molecular complexity index is 950. The van der Waals surface area contributed by atoms with Gasteiger partial charge in [0.1, 0.15) is 0 Å². The van der Waals surface area contributed by atoms with Gasteiger partial charge >= 0.3 is 12.2 Å². The van der Waals surface area contributed by atoms with E-state index in [-0.39, 0.29) is 24.0 Å². The molecule has 0 radical (unpaired) electrons. The summed E-state index contributed by atoms with van der Waals surface area (Å²) in [5, 5.41) is 1.96. The summed E-state index contributed by atoms with van der Waals surface area (Å²) in [6, 6.07) is 5.91. The molecule has 2 fully saturated rings. The second-order valence-corrected chi connectivity index (χ2v) is 9.66. The molecule has 1 unspecified atom stereocenters. The zero-order valence-electron chi connectivity index (χ0n) is 20.6. The molecule has 1 aromatic rings. The summed E-state index contributed by atoms with van der Waals surface area (Å²) < 4.78 is 10.5. The van der Waals surface area contributed by atoms with Gasteiger partial charge in [-0.15, -0.1) is 0 Å². The van der Waals surface area contributed by atoms with Crippen molar-refractivity contribution in [2.75, 3.05) is 50.1 Å². The Kier molecular flexibility index (Phi) is 6.99. The smallest absolute Gasteiger partial charge is 0.414 e. The van der Waals surface area contributed by atoms with Crippen LogP contribution in [0, 0.1) is 0 Å². The fraction of sp³-hybridized carbons (Fsp3) is 0.625. The molecule has 1 N–H and O–H groups in total. The number of benzene rings is 1. The van der Waals surface area contributed by atoms with Gasteiger partial charge in [0.25, 0.3) is 0 Å². The molecule has 1 aromatic carbocycles. The highest BCUT2D eigenvalue weighted by molar-refractivity contribution is 6.01. The number of rotatable bonds is 5. The van der Waals surface area contributed by atoms with E-state index in [1.807, 2.05) is 55.9 Å². The molecule has 4 rings (SSSR count). The van der Waals surface area contributed by atoms with Crippen molar-refractivity contribution in [3.05, 3.63) is 23.8 Å². The second-order valence-electron chi connectivity index (χ2n) is 9.66. The number of hydrazine groups is 1. The van der Waals surface area contributed by atoms with Gasteiger partial charge in [0.05, 0.1) is 43.7 Å². The average molecular weight is 474 g/mol. The number of hydrogen-bond acceptors (Lipinski definition) is 7. The van der Waals surface area contributed by atoms with Gasteiger partial charge in [-0.3, -0.25) is 20.0 Å². The molecule has 10 heteroatoms. The number of carbonyl (C=O) groups excluding carboxylic acids is 3. The number of likely N-dealkylation sites (N-methyl/N-ethyl adjacent to an activating group) is 1.